The van der Waals surface area contributed by atoms with Crippen molar-refractivity contribution in [3.8, 4) is 0 Å². The third kappa shape index (κ3) is 2.23. The molecule has 6 nitrogen and oxygen atoms in total. The Bertz CT molecular complexity index is 933. The Morgan fingerprint density at radius 1 is 1.16 bits per heavy atom. The van der Waals surface area contributed by atoms with E-state index in [0.29, 0.717) is 10.6 Å². The summed E-state index contributed by atoms with van der Waals surface area (Å²) in [7, 11) is 0. The molecule has 2 aromatic rings. The number of amides is 2. The van der Waals surface area contributed by atoms with Crippen molar-refractivity contribution in [2.24, 2.45) is 11.1 Å². The molecule has 0 bridgehead atoms. The SMILES string of the molecule is Cc1cccc(N2C(=O)[C@H]3C(C(=O)c4cccs4)=NO[C@H]3C2=O)c1C. The van der Waals surface area contributed by atoms with Crippen LogP contribution in [0.2, 0.25) is 0 Å². The lowest BCUT2D eigenvalue weighted by atomic mass is 9.96. The number of aryl methyl sites for hydroxylation is 1. The summed E-state index contributed by atoms with van der Waals surface area (Å²) in [5.41, 5.74) is 2.33. The molecule has 2 atom stereocenters. The first-order valence-electron chi connectivity index (χ1n) is 7.76. The second kappa shape index (κ2) is 5.63. The molecule has 4 rings (SSSR count). The van der Waals surface area contributed by atoms with E-state index in [1.807, 2.05) is 19.9 Å². The van der Waals surface area contributed by atoms with Crippen LogP contribution in [0.5, 0.6) is 0 Å². The lowest BCUT2D eigenvalue weighted by Gasteiger charge is -2.18. The second-order valence-electron chi connectivity index (χ2n) is 6.02. The van der Waals surface area contributed by atoms with Gasteiger partial charge in [-0.1, -0.05) is 23.4 Å². The molecule has 0 saturated carbocycles. The quantitative estimate of drug-likeness (QED) is 0.627. The summed E-state index contributed by atoms with van der Waals surface area (Å²) in [5, 5.41) is 5.52. The molecule has 1 saturated heterocycles. The second-order valence-corrected chi connectivity index (χ2v) is 6.97. The van der Waals surface area contributed by atoms with E-state index in [4.69, 9.17) is 4.84 Å². The van der Waals surface area contributed by atoms with Gasteiger partial charge in [-0.3, -0.25) is 14.4 Å². The number of fused-ring (bicyclic) bond motifs is 1. The Morgan fingerprint density at radius 2 is 1.96 bits per heavy atom. The van der Waals surface area contributed by atoms with Gasteiger partial charge >= 0.3 is 0 Å². The first kappa shape index (κ1) is 15.7. The monoisotopic (exact) mass is 354 g/mol. The van der Waals surface area contributed by atoms with Gasteiger partial charge in [0.25, 0.3) is 5.91 Å². The highest BCUT2D eigenvalue weighted by Gasteiger charge is 2.57. The van der Waals surface area contributed by atoms with Crippen molar-refractivity contribution in [1.29, 1.82) is 0 Å². The van der Waals surface area contributed by atoms with Gasteiger partial charge in [0.15, 0.2) is 0 Å². The number of hydrogen-bond donors (Lipinski definition) is 0. The third-order valence-electron chi connectivity index (χ3n) is 4.61. The van der Waals surface area contributed by atoms with E-state index in [-0.39, 0.29) is 11.5 Å². The molecule has 0 N–H and O–H groups in total. The van der Waals surface area contributed by atoms with Crippen molar-refractivity contribution in [2.45, 2.75) is 20.0 Å². The summed E-state index contributed by atoms with van der Waals surface area (Å²) in [4.78, 5) is 45.0. The number of Topliss-reactive ketones (excluding diaryl/α,β-unsaturated/α-hetero) is 1. The summed E-state index contributed by atoms with van der Waals surface area (Å²) in [6.45, 7) is 3.76. The zero-order valence-electron chi connectivity index (χ0n) is 13.6. The smallest absolute Gasteiger partial charge is 0.278 e. The Hall–Kier alpha value is -2.80. The first-order valence-corrected chi connectivity index (χ1v) is 8.64. The molecule has 0 unspecified atom stereocenters. The van der Waals surface area contributed by atoms with E-state index < -0.39 is 23.8 Å². The average Bonchev–Trinajstić information content (AvgIpc) is 3.30. The summed E-state index contributed by atoms with van der Waals surface area (Å²) in [6.07, 6.45) is -1.06. The van der Waals surface area contributed by atoms with Crippen LogP contribution in [0.3, 0.4) is 0 Å². The van der Waals surface area contributed by atoms with Crippen LogP contribution < -0.4 is 4.90 Å². The normalized spacial score (nSPS) is 22.0. The van der Waals surface area contributed by atoms with Gasteiger partial charge in [-0.15, -0.1) is 11.3 Å². The summed E-state index contributed by atoms with van der Waals surface area (Å²) < 4.78 is 0. The van der Waals surface area contributed by atoms with Crippen molar-refractivity contribution >= 4 is 40.3 Å². The molecule has 0 aliphatic carbocycles. The fourth-order valence-corrected chi connectivity index (χ4v) is 3.79. The van der Waals surface area contributed by atoms with Crippen LogP contribution in [0.1, 0.15) is 20.8 Å². The van der Waals surface area contributed by atoms with Crippen LogP contribution in [-0.2, 0) is 14.4 Å². The Balaban J connectivity index is 1.72. The minimum Gasteiger partial charge on any atom is -0.381 e. The number of rotatable bonds is 3. The lowest BCUT2D eigenvalue weighted by Crippen LogP contribution is -2.34. The van der Waals surface area contributed by atoms with Crippen LogP contribution in [0, 0.1) is 19.8 Å². The fraction of sp³-hybridized carbons (Fsp3) is 0.222. The highest BCUT2D eigenvalue weighted by atomic mass is 32.1. The molecule has 3 heterocycles. The molecule has 7 heteroatoms. The number of ketones is 1. The molecular formula is C18H14N2O4S. The predicted octanol–water partition coefficient (Wildman–Crippen LogP) is 2.49. The maximum Gasteiger partial charge on any atom is 0.278 e. The number of anilines is 1. The van der Waals surface area contributed by atoms with E-state index in [2.05, 4.69) is 5.16 Å². The van der Waals surface area contributed by atoms with E-state index >= 15 is 0 Å². The lowest BCUT2D eigenvalue weighted by molar-refractivity contribution is -0.126. The van der Waals surface area contributed by atoms with Gasteiger partial charge in [0.2, 0.25) is 17.8 Å². The molecule has 2 aliphatic heterocycles. The van der Waals surface area contributed by atoms with Gasteiger partial charge in [-0.25, -0.2) is 4.90 Å². The Labute approximate surface area is 147 Å². The molecule has 1 aromatic heterocycles. The highest BCUT2D eigenvalue weighted by Crippen LogP contribution is 2.36. The fourth-order valence-electron chi connectivity index (χ4n) is 3.12. The first-order chi connectivity index (χ1) is 12.0. The van der Waals surface area contributed by atoms with Gasteiger partial charge in [0, 0.05) is 0 Å². The zero-order chi connectivity index (χ0) is 17.7. The van der Waals surface area contributed by atoms with Crippen molar-refractivity contribution in [3.63, 3.8) is 0 Å². The molecule has 1 fully saturated rings. The van der Waals surface area contributed by atoms with E-state index in [9.17, 15) is 14.4 Å². The average molecular weight is 354 g/mol. The van der Waals surface area contributed by atoms with Crippen molar-refractivity contribution < 1.29 is 19.2 Å². The van der Waals surface area contributed by atoms with E-state index in [1.54, 1.807) is 29.6 Å². The van der Waals surface area contributed by atoms with Crippen molar-refractivity contribution in [2.75, 3.05) is 4.90 Å². The number of imide groups is 1. The number of thiophene rings is 1. The van der Waals surface area contributed by atoms with E-state index in [1.165, 1.54) is 11.3 Å². The van der Waals surface area contributed by atoms with Crippen LogP contribution in [0.4, 0.5) is 5.69 Å². The number of benzene rings is 1. The number of carbonyl (C=O) groups excluding carboxylic acids is 3. The van der Waals surface area contributed by atoms with Gasteiger partial charge < -0.3 is 4.84 Å². The van der Waals surface area contributed by atoms with Crippen LogP contribution in [0.25, 0.3) is 0 Å². The van der Waals surface area contributed by atoms with Crippen molar-refractivity contribution in [3.05, 3.63) is 51.7 Å². The predicted molar refractivity (Wildman–Crippen MR) is 92.9 cm³/mol. The molecule has 1 aromatic carbocycles. The van der Waals surface area contributed by atoms with Crippen LogP contribution in [-0.4, -0.2) is 29.4 Å². The number of oxime groups is 1. The Morgan fingerprint density at radius 3 is 2.68 bits per heavy atom. The molecule has 126 valence electrons. The summed E-state index contributed by atoms with van der Waals surface area (Å²) in [6, 6.07) is 8.83. The molecule has 0 radical (unpaired) electrons. The Kier molecular flexibility index (Phi) is 3.54. The van der Waals surface area contributed by atoms with Crippen molar-refractivity contribution in [1.82, 2.24) is 0 Å². The maximum atomic E-state index is 12.9. The van der Waals surface area contributed by atoms with Gasteiger partial charge in [0.05, 0.1) is 10.6 Å². The standard InChI is InChI=1S/C18H14N2O4S/c1-9-5-3-6-11(10(9)2)20-17(22)13-14(19-24-16(13)18(20)23)15(21)12-7-4-8-25-12/h3-8,13,16H,1-2H3/t13-,16+/m0/s1. The summed E-state index contributed by atoms with van der Waals surface area (Å²) >= 11 is 1.26. The highest BCUT2D eigenvalue weighted by molar-refractivity contribution is 7.13. The molecular weight excluding hydrogens is 340 g/mol. The van der Waals surface area contributed by atoms with Crippen LogP contribution >= 0.6 is 11.3 Å². The number of carbonyl (C=O) groups is 3. The zero-order valence-corrected chi connectivity index (χ0v) is 14.4. The van der Waals surface area contributed by atoms with Gasteiger partial charge in [-0.05, 0) is 42.5 Å². The minimum absolute atomic E-state index is 0.00129. The number of hydrogen-bond acceptors (Lipinski definition) is 6. The number of nitrogens with zero attached hydrogens (tertiary/aromatic N) is 2. The maximum absolute atomic E-state index is 12.9. The molecule has 2 aliphatic rings. The topological polar surface area (TPSA) is 76.0 Å². The van der Waals surface area contributed by atoms with Crippen LogP contribution in [0.15, 0.2) is 40.9 Å². The summed E-state index contributed by atoms with van der Waals surface area (Å²) in [5.74, 6) is -2.31. The molecule has 2 amide bonds. The largest absolute Gasteiger partial charge is 0.381 e. The third-order valence-corrected chi connectivity index (χ3v) is 5.48. The molecule has 0 spiro atoms. The van der Waals surface area contributed by atoms with E-state index in [0.717, 1.165) is 16.0 Å². The molecule has 25 heavy (non-hydrogen) atoms. The van der Waals surface area contributed by atoms with Gasteiger partial charge in [-0.2, -0.15) is 0 Å². The minimum atomic E-state index is -1.06. The van der Waals surface area contributed by atoms with Gasteiger partial charge in [0.1, 0.15) is 11.6 Å².